The molecule has 0 radical (unpaired) electrons. The fourth-order valence-electron chi connectivity index (χ4n) is 4.10. The molecule has 2 aromatic rings. The molecular weight excluding hydrogens is 529 g/mol. The molecule has 12 heteroatoms. The number of sulfonamides is 1. The Morgan fingerprint density at radius 3 is 2.67 bits per heavy atom. The van der Waals surface area contributed by atoms with Crippen molar-refractivity contribution >= 4 is 56.7 Å². The molecule has 1 atom stereocenters. The topological polar surface area (TPSA) is 96.0 Å². The van der Waals surface area contributed by atoms with E-state index in [1.165, 1.54) is 33.3 Å². The van der Waals surface area contributed by atoms with Gasteiger partial charge in [-0.3, -0.25) is 4.79 Å². The first kappa shape index (κ1) is 26.6. The summed E-state index contributed by atoms with van der Waals surface area (Å²) in [6.45, 7) is 6.14. The number of hydrogen-bond donors (Lipinski definition) is 1. The first-order valence-corrected chi connectivity index (χ1v) is 14.1. The second-order valence-electron chi connectivity index (χ2n) is 9.66. The Bertz CT molecular complexity index is 1320. The minimum Gasteiger partial charge on any atom is -0.444 e. The van der Waals surface area contributed by atoms with Crippen molar-refractivity contribution in [3.63, 3.8) is 0 Å². The molecule has 0 aliphatic carbocycles. The molecule has 2 aliphatic rings. The molecule has 0 bridgehead atoms. The molecule has 4 rings (SSSR count). The first-order valence-electron chi connectivity index (χ1n) is 11.4. The molecule has 1 N–H and O–H groups in total. The second-order valence-corrected chi connectivity index (χ2v) is 13.0. The first-order chi connectivity index (χ1) is 16.8. The number of rotatable bonds is 5. The van der Waals surface area contributed by atoms with Crippen LogP contribution in [0, 0.1) is 5.82 Å². The lowest BCUT2D eigenvalue weighted by Crippen LogP contribution is -2.41. The van der Waals surface area contributed by atoms with E-state index in [4.69, 9.17) is 16.3 Å². The number of thiophene rings is 1. The van der Waals surface area contributed by atoms with Crippen LogP contribution in [0.15, 0.2) is 29.7 Å². The maximum absolute atomic E-state index is 15.1. The Labute approximate surface area is 218 Å². The highest BCUT2D eigenvalue weighted by atomic mass is 35.5. The zero-order valence-electron chi connectivity index (χ0n) is 20.1. The Balaban J connectivity index is 1.44. The molecule has 0 unspecified atom stereocenters. The largest absolute Gasteiger partial charge is 0.444 e. The maximum Gasteiger partial charge on any atom is 0.410 e. The summed E-state index contributed by atoms with van der Waals surface area (Å²) in [5.41, 5.74) is 0.959. The molecule has 36 heavy (non-hydrogen) atoms. The summed E-state index contributed by atoms with van der Waals surface area (Å²) in [4.78, 5) is 28.8. The zero-order valence-corrected chi connectivity index (χ0v) is 22.5. The minimum absolute atomic E-state index is 0.106. The SMILES string of the molecule is CC(C)(C)OC(=O)N1CCc2cc(N3CC[C@H](NS(=O)(=O)C=Cc4ccc(Cl)s4)C3=O)c(F)cc2C1. The van der Waals surface area contributed by atoms with Crippen LogP contribution in [-0.2, 0) is 32.5 Å². The number of nitrogens with zero attached hydrogens (tertiary/aromatic N) is 2. The van der Waals surface area contributed by atoms with Crippen molar-refractivity contribution in [2.45, 2.75) is 51.8 Å². The highest BCUT2D eigenvalue weighted by molar-refractivity contribution is 7.92. The van der Waals surface area contributed by atoms with Crippen LogP contribution in [0.3, 0.4) is 0 Å². The number of carbonyl (C=O) groups excluding carboxylic acids is 2. The Hall–Kier alpha value is -2.47. The van der Waals surface area contributed by atoms with Crippen molar-refractivity contribution < 1.29 is 27.1 Å². The van der Waals surface area contributed by atoms with Crippen LogP contribution < -0.4 is 9.62 Å². The number of hydrogen-bond acceptors (Lipinski definition) is 6. The molecule has 194 valence electrons. The van der Waals surface area contributed by atoms with Crippen LogP contribution in [0.4, 0.5) is 14.9 Å². The van der Waals surface area contributed by atoms with Gasteiger partial charge < -0.3 is 14.5 Å². The number of halogens is 2. The molecule has 3 heterocycles. The van der Waals surface area contributed by atoms with Crippen molar-refractivity contribution in [1.29, 1.82) is 0 Å². The Morgan fingerprint density at radius 1 is 1.25 bits per heavy atom. The third kappa shape index (κ3) is 6.26. The monoisotopic (exact) mass is 555 g/mol. The molecule has 2 aliphatic heterocycles. The number of anilines is 1. The van der Waals surface area contributed by atoms with Crippen molar-refractivity contribution in [1.82, 2.24) is 9.62 Å². The summed E-state index contributed by atoms with van der Waals surface area (Å²) < 4.78 is 48.4. The fourth-order valence-corrected chi connectivity index (χ4v) is 6.17. The molecule has 0 spiro atoms. The molecule has 1 aromatic carbocycles. The third-order valence-corrected chi connectivity index (χ3v) is 8.05. The van der Waals surface area contributed by atoms with Crippen molar-refractivity contribution in [3.05, 3.63) is 55.8 Å². The van der Waals surface area contributed by atoms with Gasteiger partial charge in [-0.1, -0.05) is 11.6 Å². The van der Waals surface area contributed by atoms with Gasteiger partial charge in [0.25, 0.3) is 0 Å². The summed E-state index contributed by atoms with van der Waals surface area (Å²) in [6, 6.07) is 5.30. The minimum atomic E-state index is -3.90. The van der Waals surface area contributed by atoms with E-state index in [-0.39, 0.29) is 25.2 Å². The van der Waals surface area contributed by atoms with Gasteiger partial charge in [0.15, 0.2) is 0 Å². The summed E-state index contributed by atoms with van der Waals surface area (Å²) in [6.07, 6.45) is 1.63. The van der Waals surface area contributed by atoms with Gasteiger partial charge in [0.1, 0.15) is 17.5 Å². The maximum atomic E-state index is 15.1. The average Bonchev–Trinajstić information content (AvgIpc) is 3.35. The molecule has 1 aromatic heterocycles. The molecule has 1 fully saturated rings. The van der Waals surface area contributed by atoms with E-state index < -0.39 is 39.5 Å². The third-order valence-electron chi connectivity index (χ3n) is 5.74. The van der Waals surface area contributed by atoms with Crippen molar-refractivity contribution in [2.75, 3.05) is 18.0 Å². The normalized spacial score (nSPS) is 18.7. The van der Waals surface area contributed by atoms with Crippen LogP contribution in [-0.4, -0.2) is 50.1 Å². The van der Waals surface area contributed by atoms with Gasteiger partial charge in [0, 0.05) is 29.9 Å². The van der Waals surface area contributed by atoms with Gasteiger partial charge in [-0.05, 0) is 75.1 Å². The number of nitrogens with one attached hydrogen (secondary N) is 1. The number of benzene rings is 1. The van der Waals surface area contributed by atoms with Gasteiger partial charge in [-0.2, -0.15) is 4.72 Å². The lowest BCUT2D eigenvalue weighted by atomic mass is 9.98. The van der Waals surface area contributed by atoms with Crippen LogP contribution in [0.1, 0.15) is 43.2 Å². The smallest absolute Gasteiger partial charge is 0.410 e. The van der Waals surface area contributed by atoms with E-state index >= 15 is 4.39 Å². The van der Waals surface area contributed by atoms with Crippen LogP contribution in [0.2, 0.25) is 4.34 Å². The number of ether oxygens (including phenoxy) is 1. The van der Waals surface area contributed by atoms with Gasteiger partial charge in [0.05, 0.1) is 10.0 Å². The van der Waals surface area contributed by atoms with Gasteiger partial charge in [-0.15, -0.1) is 11.3 Å². The Morgan fingerprint density at radius 2 is 2.00 bits per heavy atom. The zero-order chi connectivity index (χ0) is 26.3. The summed E-state index contributed by atoms with van der Waals surface area (Å²) in [7, 11) is -3.90. The highest BCUT2D eigenvalue weighted by Crippen LogP contribution is 2.31. The summed E-state index contributed by atoms with van der Waals surface area (Å²) in [5, 5.41) is 0.987. The average molecular weight is 556 g/mol. The van der Waals surface area contributed by atoms with E-state index in [2.05, 4.69) is 4.72 Å². The molecule has 1 saturated heterocycles. The number of amides is 2. The quantitative estimate of drug-likeness (QED) is 0.585. The molecule has 0 saturated carbocycles. The van der Waals surface area contributed by atoms with Crippen molar-refractivity contribution in [3.8, 4) is 0 Å². The lowest BCUT2D eigenvalue weighted by molar-refractivity contribution is -0.118. The van der Waals surface area contributed by atoms with Gasteiger partial charge >= 0.3 is 6.09 Å². The predicted molar refractivity (Wildman–Crippen MR) is 138 cm³/mol. The Kier molecular flexibility index (Phi) is 7.47. The number of fused-ring (bicyclic) bond motifs is 1. The van der Waals surface area contributed by atoms with Crippen LogP contribution in [0.5, 0.6) is 0 Å². The molecule has 8 nitrogen and oxygen atoms in total. The van der Waals surface area contributed by atoms with E-state index in [1.807, 2.05) is 0 Å². The summed E-state index contributed by atoms with van der Waals surface area (Å²) >= 11 is 7.08. The van der Waals surface area contributed by atoms with Crippen LogP contribution >= 0.6 is 22.9 Å². The van der Waals surface area contributed by atoms with Gasteiger partial charge in [-0.25, -0.2) is 17.6 Å². The molecular formula is C24H27ClFN3O5S2. The number of carbonyl (C=O) groups is 2. The van der Waals surface area contributed by atoms with Crippen molar-refractivity contribution in [2.24, 2.45) is 0 Å². The fraction of sp³-hybridized carbons (Fsp3) is 0.417. The van der Waals surface area contributed by atoms with E-state index in [0.717, 1.165) is 11.0 Å². The second kappa shape index (κ2) is 10.1. The lowest BCUT2D eigenvalue weighted by Gasteiger charge is -2.32. The summed E-state index contributed by atoms with van der Waals surface area (Å²) in [5.74, 6) is -1.12. The van der Waals surface area contributed by atoms with E-state index in [9.17, 15) is 18.0 Å². The molecule has 2 amide bonds. The van der Waals surface area contributed by atoms with E-state index in [1.54, 1.807) is 39.0 Å². The predicted octanol–water partition coefficient (Wildman–Crippen LogP) is 4.53. The van der Waals surface area contributed by atoms with Gasteiger partial charge in [0.2, 0.25) is 15.9 Å². The van der Waals surface area contributed by atoms with E-state index in [0.29, 0.717) is 27.7 Å². The standard InChI is InChI=1S/C24H27ClFN3O5S2/c1-24(2,3)34-23(31)28-9-6-15-13-20(18(26)12-16(15)14-28)29-10-7-19(22(29)30)27-36(32,33)11-8-17-4-5-21(25)35-17/h4-5,8,11-13,19,27H,6-7,9-10,14H2,1-3H3/t19-/m0/s1. The van der Waals surface area contributed by atoms with Crippen LogP contribution in [0.25, 0.3) is 6.08 Å². The highest BCUT2D eigenvalue weighted by Gasteiger charge is 2.37.